The third kappa shape index (κ3) is 9.91. The number of ether oxygens (including phenoxy) is 1. The number of aliphatic hydroxyl groups excluding tert-OH is 1. The smallest absolute Gasteiger partial charge is 0.172 e. The van der Waals surface area contributed by atoms with Crippen molar-refractivity contribution in [2.24, 2.45) is 15.6 Å². The monoisotopic (exact) mass is 597 g/mol. The van der Waals surface area contributed by atoms with E-state index in [1.54, 1.807) is 26.1 Å². The normalized spacial score (nSPS) is 21.9. The summed E-state index contributed by atoms with van der Waals surface area (Å²) in [5.41, 5.74) is 1.98. The average Bonchev–Trinajstić information content (AvgIpc) is 3.36. The minimum Gasteiger partial charge on any atom is -0.485 e. The van der Waals surface area contributed by atoms with Gasteiger partial charge >= 0.3 is 0 Å². The van der Waals surface area contributed by atoms with Crippen LogP contribution in [0.4, 0.5) is 4.39 Å². The van der Waals surface area contributed by atoms with E-state index in [1.165, 1.54) is 12.2 Å². The molecule has 10 heteroatoms. The Hall–Kier alpha value is -3.21. The van der Waals surface area contributed by atoms with Gasteiger partial charge in [0.25, 0.3) is 0 Å². The number of halogens is 1. The summed E-state index contributed by atoms with van der Waals surface area (Å²) in [6.07, 6.45) is 11.1. The Morgan fingerprint density at radius 2 is 2.02 bits per heavy atom. The van der Waals surface area contributed by atoms with Crippen LogP contribution in [0.5, 0.6) is 5.75 Å². The number of β-amino-alcohol motifs (C(OH)–C–C–N with tert-alkyl or cyclic N) is 1. The Labute approximate surface area is 255 Å². The predicted octanol–water partition coefficient (Wildman–Crippen LogP) is 5.36. The Bertz CT molecular complexity index is 1230. The third-order valence-electron chi connectivity index (χ3n) is 7.97. The van der Waals surface area contributed by atoms with Crippen LogP contribution in [0.2, 0.25) is 0 Å². The lowest BCUT2D eigenvalue weighted by molar-refractivity contribution is -0.104. The lowest BCUT2D eigenvalue weighted by atomic mass is 9.83. The van der Waals surface area contributed by atoms with Gasteiger partial charge in [0.1, 0.15) is 17.2 Å². The van der Waals surface area contributed by atoms with Crippen molar-refractivity contribution >= 4 is 24.4 Å². The molecule has 1 aromatic rings. The number of carbonyl (C=O) groups is 1. The van der Waals surface area contributed by atoms with Gasteiger partial charge in [0, 0.05) is 37.2 Å². The number of aliphatic hydroxyl groups is 1. The van der Waals surface area contributed by atoms with Gasteiger partial charge in [0.2, 0.25) is 0 Å². The number of likely N-dealkylation sites (N-methyl/N-ethyl adjacent to an activating group) is 1. The summed E-state index contributed by atoms with van der Waals surface area (Å²) in [6, 6.07) is 1.96. The van der Waals surface area contributed by atoms with Crippen LogP contribution in [-0.2, 0) is 16.1 Å². The molecule has 0 saturated carbocycles. The third-order valence-corrected chi connectivity index (χ3v) is 7.97. The van der Waals surface area contributed by atoms with E-state index in [9.17, 15) is 9.18 Å². The molecule has 1 spiro atoms. The molecule has 3 aliphatic heterocycles. The van der Waals surface area contributed by atoms with E-state index < -0.39 is 5.83 Å². The van der Waals surface area contributed by atoms with Gasteiger partial charge in [-0.25, -0.2) is 9.38 Å². The molecular weight excluding hydrogens is 549 g/mol. The number of pyridine rings is 1. The van der Waals surface area contributed by atoms with Crippen LogP contribution < -0.4 is 4.74 Å². The molecule has 9 nitrogen and oxygen atoms in total. The number of aliphatic imine (C=N–C) groups is 1. The first-order valence-corrected chi connectivity index (χ1v) is 15.0. The first kappa shape index (κ1) is 34.3. The van der Waals surface area contributed by atoms with E-state index in [-0.39, 0.29) is 22.7 Å². The summed E-state index contributed by atoms with van der Waals surface area (Å²) < 4.78 is 20.9. The Balaban J connectivity index is 0.000000633. The van der Waals surface area contributed by atoms with Gasteiger partial charge in [-0.2, -0.15) is 0 Å². The van der Waals surface area contributed by atoms with Crippen molar-refractivity contribution in [3.8, 4) is 5.75 Å². The summed E-state index contributed by atoms with van der Waals surface area (Å²) in [5.74, 6) is 0.797. The van der Waals surface area contributed by atoms with Gasteiger partial charge < -0.3 is 19.6 Å². The zero-order chi connectivity index (χ0) is 31.6. The van der Waals surface area contributed by atoms with Crippen LogP contribution in [0.3, 0.4) is 0 Å². The highest BCUT2D eigenvalue weighted by molar-refractivity contribution is 5.90. The summed E-state index contributed by atoms with van der Waals surface area (Å²) in [5, 5.41) is 13.0. The number of carbonyl (C=O) groups excluding carboxylic acids is 1. The van der Waals surface area contributed by atoms with E-state index >= 15 is 0 Å². The van der Waals surface area contributed by atoms with E-state index in [2.05, 4.69) is 31.6 Å². The second-order valence-corrected chi connectivity index (χ2v) is 12.6. The number of allylic oxidation sites excluding steroid dienone is 6. The molecule has 4 heterocycles. The molecule has 4 rings (SSSR count). The number of aromatic nitrogens is 1. The molecule has 0 aliphatic carbocycles. The lowest BCUT2D eigenvalue weighted by Crippen LogP contribution is -2.50. The van der Waals surface area contributed by atoms with Crippen molar-refractivity contribution < 1.29 is 23.9 Å². The van der Waals surface area contributed by atoms with E-state index in [4.69, 9.17) is 14.7 Å². The fourth-order valence-corrected chi connectivity index (χ4v) is 5.26. The average molecular weight is 598 g/mol. The summed E-state index contributed by atoms with van der Waals surface area (Å²) in [4.78, 5) is 29.5. The molecule has 1 N–H and O–H groups in total. The van der Waals surface area contributed by atoms with Crippen molar-refractivity contribution in [3.63, 3.8) is 0 Å². The summed E-state index contributed by atoms with van der Waals surface area (Å²) in [6.45, 7) is 17.2. The molecule has 43 heavy (non-hydrogen) atoms. The van der Waals surface area contributed by atoms with Crippen LogP contribution in [-0.4, -0.2) is 90.4 Å². The number of amidine groups is 1. The molecule has 236 valence electrons. The quantitative estimate of drug-likeness (QED) is 0.113. The highest BCUT2D eigenvalue weighted by Crippen LogP contribution is 2.39. The molecule has 0 radical (unpaired) electrons. The number of likely N-dealkylation sites (tertiary alicyclic amines) is 2. The second kappa shape index (κ2) is 15.5. The zero-order valence-corrected chi connectivity index (χ0v) is 26.6. The standard InChI is InChI=1S/C28H37FN4O3.C5H11NO/c1-7-8-22(18-34)23(29)15-20(2)24-16-21-9-10-28(36-25(21)17-31-24)11-13-33(14-12-28)19-35-32-26(30-6)27(3,4)5;1-6-3-2-5(7)4-6/h7-8,15-18H,6,9-14,19H2,1-5H3;5,7H,2-4H2,1H3/b8-7-,20-15+,23-22-,32-26-;/t;5-/m.1/s1. The maximum atomic E-state index is 14.4. The molecule has 0 unspecified atom stereocenters. The molecule has 2 fully saturated rings. The van der Waals surface area contributed by atoms with Crippen molar-refractivity contribution in [2.45, 2.75) is 78.4 Å². The number of aryl methyl sites for hydroxylation is 1. The van der Waals surface area contributed by atoms with E-state index in [1.807, 2.05) is 33.9 Å². The van der Waals surface area contributed by atoms with Gasteiger partial charge in [-0.1, -0.05) is 38.1 Å². The highest BCUT2D eigenvalue weighted by Gasteiger charge is 2.39. The number of piperidine rings is 1. The topological polar surface area (TPSA) is 99.9 Å². The first-order chi connectivity index (χ1) is 20.4. The fraction of sp³-hybridized carbons (Fsp3) is 0.576. The van der Waals surface area contributed by atoms with Gasteiger partial charge in [-0.3, -0.25) is 14.7 Å². The summed E-state index contributed by atoms with van der Waals surface area (Å²) >= 11 is 0. The lowest BCUT2D eigenvalue weighted by Gasteiger charge is -2.44. The maximum Gasteiger partial charge on any atom is 0.172 e. The molecule has 3 aliphatic rings. The molecular formula is C33H48FN5O4. The molecule has 2 saturated heterocycles. The fourth-order valence-electron chi connectivity index (χ4n) is 5.26. The number of oxime groups is 1. The zero-order valence-electron chi connectivity index (χ0n) is 26.6. The molecule has 0 amide bonds. The van der Waals surface area contributed by atoms with Gasteiger partial charge in [0.15, 0.2) is 18.9 Å². The molecule has 1 aromatic heterocycles. The van der Waals surface area contributed by atoms with Crippen molar-refractivity contribution in [2.75, 3.05) is 40.0 Å². The maximum absolute atomic E-state index is 14.4. The van der Waals surface area contributed by atoms with Crippen LogP contribution in [0.15, 0.2) is 52.0 Å². The number of fused-ring (bicyclic) bond motifs is 1. The van der Waals surface area contributed by atoms with Crippen LogP contribution in [0, 0.1) is 5.41 Å². The first-order valence-electron chi connectivity index (χ1n) is 15.0. The number of rotatable bonds is 7. The highest BCUT2D eigenvalue weighted by atomic mass is 19.1. The van der Waals surface area contributed by atoms with E-state index in [0.717, 1.165) is 69.6 Å². The van der Waals surface area contributed by atoms with Gasteiger partial charge in [0.05, 0.1) is 18.0 Å². The van der Waals surface area contributed by atoms with Crippen LogP contribution in [0.1, 0.15) is 71.6 Å². The number of aldehydes is 1. The number of nitrogens with zero attached hydrogens (tertiary/aromatic N) is 5. The largest absolute Gasteiger partial charge is 0.485 e. The minimum atomic E-state index is -0.577. The number of hydrogen-bond donors (Lipinski definition) is 1. The Morgan fingerprint density at radius 1 is 1.30 bits per heavy atom. The molecule has 0 aromatic carbocycles. The van der Waals surface area contributed by atoms with Gasteiger partial charge in [-0.15, -0.1) is 0 Å². The Kier molecular flexibility index (Phi) is 12.4. The van der Waals surface area contributed by atoms with E-state index in [0.29, 0.717) is 30.1 Å². The predicted molar refractivity (Wildman–Crippen MR) is 170 cm³/mol. The van der Waals surface area contributed by atoms with Crippen molar-refractivity contribution in [1.82, 2.24) is 14.8 Å². The molecule has 0 bridgehead atoms. The van der Waals surface area contributed by atoms with Crippen LogP contribution in [0.25, 0.3) is 5.57 Å². The SMILES string of the molecule is C=N/C(=N\OCN1CCC2(CCc3cc(/C(C)=C/C(F)=C(C=O)\C=C/C)ncc3O2)CC1)C(C)(C)C.CN1CC[C@@H](O)C1. The van der Waals surface area contributed by atoms with Gasteiger partial charge in [-0.05, 0) is 83.0 Å². The molecule has 1 atom stereocenters. The van der Waals surface area contributed by atoms with Crippen molar-refractivity contribution in [3.05, 3.63) is 53.1 Å². The minimum absolute atomic E-state index is 0.00986. The summed E-state index contributed by atoms with van der Waals surface area (Å²) in [7, 11) is 2.02. The van der Waals surface area contributed by atoms with Crippen molar-refractivity contribution in [1.29, 1.82) is 0 Å². The number of hydrogen-bond acceptors (Lipinski definition) is 8. The second-order valence-electron chi connectivity index (χ2n) is 12.6. The van der Waals surface area contributed by atoms with Crippen LogP contribution >= 0.6 is 0 Å². The Morgan fingerprint density at radius 3 is 2.56 bits per heavy atom.